The highest BCUT2D eigenvalue weighted by Gasteiger charge is 2.20. The molecular weight excluding hydrogens is 302 g/mol. The molecule has 1 aromatic carbocycles. The van der Waals surface area contributed by atoms with Gasteiger partial charge < -0.3 is 9.72 Å². The van der Waals surface area contributed by atoms with E-state index in [2.05, 4.69) is 14.9 Å². The highest BCUT2D eigenvalue weighted by atomic mass is 35.5. The number of hydrogen-bond acceptors (Lipinski definition) is 4. The van der Waals surface area contributed by atoms with Crippen molar-refractivity contribution in [2.24, 2.45) is 0 Å². The van der Waals surface area contributed by atoms with Crippen molar-refractivity contribution in [2.45, 2.75) is 26.4 Å². The number of fused-ring (bicyclic) bond motifs is 1. The first kappa shape index (κ1) is 15.1. The number of benzene rings is 1. The fourth-order valence-corrected chi connectivity index (χ4v) is 3.10. The quantitative estimate of drug-likeness (QED) is 0.943. The van der Waals surface area contributed by atoms with Crippen molar-refractivity contribution in [1.82, 2.24) is 14.9 Å². The first-order valence-corrected chi connectivity index (χ1v) is 7.58. The van der Waals surface area contributed by atoms with E-state index in [1.54, 1.807) is 7.11 Å². The van der Waals surface area contributed by atoms with Crippen LogP contribution in [0.1, 0.15) is 22.6 Å². The highest BCUT2D eigenvalue weighted by molar-refractivity contribution is 6.32. The average molecular weight is 320 g/mol. The molecule has 2 aromatic rings. The van der Waals surface area contributed by atoms with Crippen LogP contribution in [0.2, 0.25) is 5.02 Å². The van der Waals surface area contributed by atoms with E-state index in [0.717, 1.165) is 36.3 Å². The Balaban J connectivity index is 1.78. The number of aryl methyl sites for hydroxylation is 1. The molecule has 0 spiro atoms. The fourth-order valence-electron chi connectivity index (χ4n) is 2.82. The van der Waals surface area contributed by atoms with Crippen molar-refractivity contribution in [1.29, 1.82) is 0 Å². The van der Waals surface area contributed by atoms with Gasteiger partial charge in [0.2, 0.25) is 0 Å². The Morgan fingerprint density at radius 1 is 1.45 bits per heavy atom. The molecule has 1 aromatic heterocycles. The summed E-state index contributed by atoms with van der Waals surface area (Å²) in [7, 11) is 1.61. The number of aromatic nitrogens is 2. The fraction of sp³-hybridized carbons (Fsp3) is 0.375. The molecule has 3 rings (SSSR count). The van der Waals surface area contributed by atoms with E-state index in [1.807, 2.05) is 25.1 Å². The van der Waals surface area contributed by atoms with Crippen LogP contribution in [-0.4, -0.2) is 28.5 Å². The van der Waals surface area contributed by atoms with Crippen molar-refractivity contribution >= 4 is 11.6 Å². The third-order valence-electron chi connectivity index (χ3n) is 3.89. The lowest BCUT2D eigenvalue weighted by Gasteiger charge is -2.27. The molecule has 0 saturated heterocycles. The number of hydrogen-bond donors (Lipinski definition) is 1. The molecule has 6 heteroatoms. The lowest BCUT2D eigenvalue weighted by molar-refractivity contribution is 0.240. The van der Waals surface area contributed by atoms with Gasteiger partial charge in [0.05, 0.1) is 17.8 Å². The second-order valence-electron chi connectivity index (χ2n) is 5.51. The van der Waals surface area contributed by atoms with E-state index in [1.165, 1.54) is 0 Å². The van der Waals surface area contributed by atoms with Gasteiger partial charge in [-0.05, 0) is 31.0 Å². The summed E-state index contributed by atoms with van der Waals surface area (Å²) in [6.45, 7) is 4.11. The minimum atomic E-state index is -0.00496. The number of aromatic amines is 1. The standard InChI is InChI=1S/C16H18ClN3O2/c1-10-18-14-9-20(6-5-12(14)16(21)19-10)8-11-3-4-15(22-2)13(17)7-11/h3-4,7H,5-6,8-9H2,1-2H3,(H,18,19,21). The Bertz CT molecular complexity index is 758. The van der Waals surface area contributed by atoms with Gasteiger partial charge in [-0.2, -0.15) is 0 Å². The summed E-state index contributed by atoms with van der Waals surface area (Å²) >= 11 is 6.17. The SMILES string of the molecule is COc1ccc(CN2CCc3c(nc(C)[nH]c3=O)C2)cc1Cl. The topological polar surface area (TPSA) is 58.2 Å². The normalized spacial score (nSPS) is 14.7. The summed E-state index contributed by atoms with van der Waals surface area (Å²) in [5, 5.41) is 0.614. The monoisotopic (exact) mass is 319 g/mol. The minimum Gasteiger partial charge on any atom is -0.495 e. The summed E-state index contributed by atoms with van der Waals surface area (Å²) in [5.74, 6) is 1.34. The molecule has 0 fully saturated rings. The number of halogens is 1. The van der Waals surface area contributed by atoms with E-state index < -0.39 is 0 Å². The van der Waals surface area contributed by atoms with Gasteiger partial charge in [0.1, 0.15) is 11.6 Å². The molecule has 0 bridgehead atoms. The van der Waals surface area contributed by atoms with E-state index in [4.69, 9.17) is 16.3 Å². The first-order chi connectivity index (χ1) is 10.6. The van der Waals surface area contributed by atoms with Crippen LogP contribution < -0.4 is 10.3 Å². The van der Waals surface area contributed by atoms with Crippen LogP contribution in [0.25, 0.3) is 0 Å². The Morgan fingerprint density at radius 3 is 3.00 bits per heavy atom. The Kier molecular flexibility index (Phi) is 4.18. The Morgan fingerprint density at radius 2 is 2.27 bits per heavy atom. The summed E-state index contributed by atoms with van der Waals surface area (Å²) < 4.78 is 5.17. The molecular formula is C16H18ClN3O2. The maximum atomic E-state index is 11.9. The predicted molar refractivity (Wildman–Crippen MR) is 85.4 cm³/mol. The van der Waals surface area contributed by atoms with Gasteiger partial charge in [-0.3, -0.25) is 9.69 Å². The zero-order valence-electron chi connectivity index (χ0n) is 12.6. The van der Waals surface area contributed by atoms with E-state index in [9.17, 15) is 4.79 Å². The summed E-state index contributed by atoms with van der Waals surface area (Å²) in [6, 6.07) is 5.81. The molecule has 0 unspecified atom stereocenters. The number of methoxy groups -OCH3 is 1. The largest absolute Gasteiger partial charge is 0.495 e. The van der Waals surface area contributed by atoms with Crippen molar-refractivity contribution in [3.63, 3.8) is 0 Å². The van der Waals surface area contributed by atoms with Crippen LogP contribution in [0, 0.1) is 6.92 Å². The molecule has 2 heterocycles. The maximum absolute atomic E-state index is 11.9. The Labute approximate surface area is 133 Å². The van der Waals surface area contributed by atoms with Gasteiger partial charge in [0, 0.05) is 25.2 Å². The third kappa shape index (κ3) is 3.00. The van der Waals surface area contributed by atoms with Crippen molar-refractivity contribution < 1.29 is 4.74 Å². The van der Waals surface area contributed by atoms with Crippen LogP contribution in [0.5, 0.6) is 5.75 Å². The lowest BCUT2D eigenvalue weighted by atomic mass is 10.1. The zero-order chi connectivity index (χ0) is 15.7. The molecule has 116 valence electrons. The van der Waals surface area contributed by atoms with E-state index in [-0.39, 0.29) is 5.56 Å². The molecule has 5 nitrogen and oxygen atoms in total. The summed E-state index contributed by atoms with van der Waals surface area (Å²) in [4.78, 5) is 21.4. The van der Waals surface area contributed by atoms with E-state index >= 15 is 0 Å². The van der Waals surface area contributed by atoms with Gasteiger partial charge >= 0.3 is 0 Å². The van der Waals surface area contributed by atoms with E-state index in [0.29, 0.717) is 23.1 Å². The first-order valence-electron chi connectivity index (χ1n) is 7.20. The van der Waals surface area contributed by atoms with Crippen LogP contribution in [0.4, 0.5) is 0 Å². The number of nitrogens with zero attached hydrogens (tertiary/aromatic N) is 2. The van der Waals surface area contributed by atoms with Crippen molar-refractivity contribution in [3.05, 3.63) is 56.2 Å². The molecule has 1 aliphatic rings. The second-order valence-corrected chi connectivity index (χ2v) is 5.91. The smallest absolute Gasteiger partial charge is 0.254 e. The number of nitrogens with one attached hydrogen (secondary N) is 1. The van der Waals surface area contributed by atoms with Crippen LogP contribution in [-0.2, 0) is 19.5 Å². The average Bonchev–Trinajstić information content (AvgIpc) is 2.47. The van der Waals surface area contributed by atoms with Crippen molar-refractivity contribution in [3.8, 4) is 5.75 Å². The molecule has 0 saturated carbocycles. The molecule has 0 atom stereocenters. The number of ether oxygens (including phenoxy) is 1. The molecule has 0 amide bonds. The van der Waals surface area contributed by atoms with Crippen molar-refractivity contribution in [2.75, 3.05) is 13.7 Å². The third-order valence-corrected chi connectivity index (χ3v) is 4.19. The second kappa shape index (κ2) is 6.10. The molecule has 0 radical (unpaired) electrons. The summed E-state index contributed by atoms with van der Waals surface area (Å²) in [6.07, 6.45) is 0.724. The van der Waals surface area contributed by atoms with Gasteiger partial charge in [-0.1, -0.05) is 17.7 Å². The molecule has 0 aliphatic carbocycles. The maximum Gasteiger partial charge on any atom is 0.254 e. The number of H-pyrrole nitrogens is 1. The Hall–Kier alpha value is -1.85. The van der Waals surface area contributed by atoms with Crippen LogP contribution in [0.3, 0.4) is 0 Å². The highest BCUT2D eigenvalue weighted by Crippen LogP contribution is 2.26. The molecule has 22 heavy (non-hydrogen) atoms. The summed E-state index contributed by atoms with van der Waals surface area (Å²) in [5.41, 5.74) is 2.81. The zero-order valence-corrected chi connectivity index (χ0v) is 13.4. The predicted octanol–water partition coefficient (Wildman–Crippen LogP) is 2.30. The number of rotatable bonds is 3. The van der Waals surface area contributed by atoms with Crippen LogP contribution in [0.15, 0.2) is 23.0 Å². The lowest BCUT2D eigenvalue weighted by Crippen LogP contribution is -2.35. The molecule has 1 N–H and O–H groups in total. The van der Waals surface area contributed by atoms with Crippen LogP contribution >= 0.6 is 11.6 Å². The van der Waals surface area contributed by atoms with Gasteiger partial charge in [-0.25, -0.2) is 4.98 Å². The molecule has 1 aliphatic heterocycles. The van der Waals surface area contributed by atoms with Gasteiger partial charge in [0.25, 0.3) is 5.56 Å². The van der Waals surface area contributed by atoms with Gasteiger partial charge in [0.15, 0.2) is 0 Å². The van der Waals surface area contributed by atoms with Gasteiger partial charge in [-0.15, -0.1) is 0 Å². The minimum absolute atomic E-state index is 0.00496.